The largest absolute Gasteiger partial charge is 0.381 e. The van der Waals surface area contributed by atoms with Gasteiger partial charge in [0.15, 0.2) is 0 Å². The molecular weight excluding hydrogens is 326 g/mol. The van der Waals surface area contributed by atoms with E-state index in [1.54, 1.807) is 6.92 Å². The number of aryl methyl sites for hydroxylation is 1. The monoisotopic (exact) mass is 341 g/mol. The number of hydrogen-bond donors (Lipinski definition) is 1. The molecule has 114 valence electrons. The van der Waals surface area contributed by atoms with Crippen molar-refractivity contribution in [1.82, 2.24) is 0 Å². The second kappa shape index (κ2) is 6.75. The summed E-state index contributed by atoms with van der Waals surface area (Å²) in [6.45, 7) is 3.85. The lowest BCUT2D eigenvalue weighted by molar-refractivity contribution is 0.163. The van der Waals surface area contributed by atoms with Gasteiger partial charge in [-0.25, -0.2) is 16.8 Å². The molecule has 0 aliphatic rings. The van der Waals surface area contributed by atoms with E-state index in [1.807, 2.05) is 0 Å². The third-order valence-electron chi connectivity index (χ3n) is 2.41. The molecule has 0 aliphatic heterocycles. The average molecular weight is 342 g/mol. The smallest absolute Gasteiger partial charge is 0.261 e. The third-order valence-corrected chi connectivity index (χ3v) is 5.14. The van der Waals surface area contributed by atoms with Crippen LogP contribution in [0.5, 0.6) is 0 Å². The first-order valence-electron chi connectivity index (χ1n) is 5.79. The summed E-state index contributed by atoms with van der Waals surface area (Å²) in [6, 6.07) is 4.02. The molecule has 0 unspecified atom stereocenters. The first kappa shape index (κ1) is 17.2. The number of nitrogens with one attached hydrogen (secondary N) is 1. The van der Waals surface area contributed by atoms with Gasteiger partial charge in [-0.3, -0.25) is 4.72 Å². The zero-order chi connectivity index (χ0) is 15.4. The fraction of sp³-hybridized carbons (Fsp3) is 0.455. The minimum absolute atomic E-state index is 0.0450. The first-order chi connectivity index (χ1) is 9.15. The topological polar surface area (TPSA) is 89.5 Å². The Balaban J connectivity index is 2.87. The van der Waals surface area contributed by atoms with E-state index in [2.05, 4.69) is 4.72 Å². The van der Waals surface area contributed by atoms with Gasteiger partial charge in [0.1, 0.15) is 0 Å². The van der Waals surface area contributed by atoms with Crippen molar-refractivity contribution in [3.05, 3.63) is 23.8 Å². The van der Waals surface area contributed by atoms with Gasteiger partial charge in [0.25, 0.3) is 9.05 Å². The molecule has 1 aromatic rings. The molecular formula is C11H16ClNO5S2. The number of ether oxygens (including phenoxy) is 1. The Hall–Kier alpha value is -0.830. The standard InChI is InChI=1S/C11H16ClNO5S2/c1-3-18-6-7-19(14,15)13-10-4-5-11(9(2)8-10)20(12,16)17/h4-5,8,13H,3,6-7H2,1-2H3. The van der Waals surface area contributed by atoms with E-state index < -0.39 is 19.1 Å². The highest BCUT2D eigenvalue weighted by Crippen LogP contribution is 2.23. The van der Waals surface area contributed by atoms with Crippen molar-refractivity contribution >= 4 is 35.4 Å². The lowest BCUT2D eigenvalue weighted by Gasteiger charge is -2.10. The summed E-state index contributed by atoms with van der Waals surface area (Å²) in [6.07, 6.45) is 0. The Morgan fingerprint density at radius 2 is 1.90 bits per heavy atom. The molecule has 0 bridgehead atoms. The third kappa shape index (κ3) is 5.28. The van der Waals surface area contributed by atoms with E-state index in [9.17, 15) is 16.8 Å². The number of benzene rings is 1. The van der Waals surface area contributed by atoms with Crippen LogP contribution in [-0.4, -0.2) is 35.8 Å². The van der Waals surface area contributed by atoms with Crippen molar-refractivity contribution in [2.75, 3.05) is 23.7 Å². The van der Waals surface area contributed by atoms with Crippen LogP contribution < -0.4 is 4.72 Å². The highest BCUT2D eigenvalue weighted by molar-refractivity contribution is 8.13. The molecule has 0 saturated carbocycles. The van der Waals surface area contributed by atoms with E-state index in [4.69, 9.17) is 15.4 Å². The normalized spacial score (nSPS) is 12.3. The van der Waals surface area contributed by atoms with Crippen molar-refractivity contribution in [2.24, 2.45) is 0 Å². The van der Waals surface area contributed by atoms with Crippen molar-refractivity contribution in [3.63, 3.8) is 0 Å². The van der Waals surface area contributed by atoms with Crippen molar-refractivity contribution in [1.29, 1.82) is 0 Å². The van der Waals surface area contributed by atoms with Crippen molar-refractivity contribution in [3.8, 4) is 0 Å². The van der Waals surface area contributed by atoms with Gasteiger partial charge in [0, 0.05) is 23.0 Å². The summed E-state index contributed by atoms with van der Waals surface area (Å²) >= 11 is 0. The highest BCUT2D eigenvalue weighted by atomic mass is 35.7. The van der Waals surface area contributed by atoms with Gasteiger partial charge in [0.2, 0.25) is 10.0 Å². The van der Waals surface area contributed by atoms with Crippen molar-refractivity contribution in [2.45, 2.75) is 18.7 Å². The average Bonchev–Trinajstić information content (AvgIpc) is 2.26. The second-order valence-corrected chi connectivity index (χ2v) is 8.41. The molecule has 0 amide bonds. The van der Waals surface area contributed by atoms with Gasteiger partial charge in [-0.1, -0.05) is 0 Å². The molecule has 0 aromatic heterocycles. The van der Waals surface area contributed by atoms with Crippen LogP contribution in [0.25, 0.3) is 0 Å². The quantitative estimate of drug-likeness (QED) is 0.602. The van der Waals surface area contributed by atoms with Crippen LogP contribution in [-0.2, 0) is 23.8 Å². The zero-order valence-electron chi connectivity index (χ0n) is 11.1. The van der Waals surface area contributed by atoms with Crippen LogP contribution in [0.2, 0.25) is 0 Å². The number of rotatable bonds is 7. The predicted molar refractivity (Wildman–Crippen MR) is 78.1 cm³/mol. The van der Waals surface area contributed by atoms with Crippen LogP contribution >= 0.6 is 10.7 Å². The summed E-state index contributed by atoms with van der Waals surface area (Å²) in [4.78, 5) is -0.0450. The molecule has 1 N–H and O–H groups in total. The van der Waals surface area contributed by atoms with Gasteiger partial charge in [-0.05, 0) is 37.6 Å². The molecule has 9 heteroatoms. The molecule has 1 aromatic carbocycles. The first-order valence-corrected chi connectivity index (χ1v) is 9.75. The SMILES string of the molecule is CCOCCS(=O)(=O)Nc1ccc(S(=O)(=O)Cl)c(C)c1. The second-order valence-electron chi connectivity index (χ2n) is 4.04. The van der Waals surface area contributed by atoms with Gasteiger partial charge >= 0.3 is 0 Å². The van der Waals surface area contributed by atoms with Gasteiger partial charge in [-0.15, -0.1) is 0 Å². The van der Waals surface area contributed by atoms with Crippen LogP contribution in [0.3, 0.4) is 0 Å². The molecule has 0 saturated heterocycles. The minimum Gasteiger partial charge on any atom is -0.381 e. The van der Waals surface area contributed by atoms with E-state index in [-0.39, 0.29) is 22.9 Å². The Kier molecular flexibility index (Phi) is 5.81. The Morgan fingerprint density at radius 1 is 1.25 bits per heavy atom. The minimum atomic E-state index is -3.84. The van der Waals surface area contributed by atoms with Gasteiger partial charge in [-0.2, -0.15) is 0 Å². The van der Waals surface area contributed by atoms with E-state index in [1.165, 1.54) is 25.1 Å². The van der Waals surface area contributed by atoms with Crippen LogP contribution in [0.1, 0.15) is 12.5 Å². The molecule has 0 fully saturated rings. The van der Waals surface area contributed by atoms with Crippen LogP contribution in [0, 0.1) is 6.92 Å². The molecule has 0 atom stereocenters. The maximum absolute atomic E-state index is 11.7. The van der Waals surface area contributed by atoms with Crippen LogP contribution in [0.15, 0.2) is 23.1 Å². The lowest BCUT2D eigenvalue weighted by atomic mass is 10.2. The number of sulfonamides is 1. The highest BCUT2D eigenvalue weighted by Gasteiger charge is 2.15. The maximum Gasteiger partial charge on any atom is 0.261 e. The fourth-order valence-electron chi connectivity index (χ4n) is 1.53. The lowest BCUT2D eigenvalue weighted by Crippen LogP contribution is -2.20. The molecule has 6 nitrogen and oxygen atoms in total. The van der Waals surface area contributed by atoms with Gasteiger partial charge in [0.05, 0.1) is 17.3 Å². The predicted octanol–water partition coefficient (Wildman–Crippen LogP) is 1.70. The Labute approximate surface area is 123 Å². The summed E-state index contributed by atoms with van der Waals surface area (Å²) in [5, 5.41) is 0. The number of hydrogen-bond acceptors (Lipinski definition) is 5. The van der Waals surface area contributed by atoms with Gasteiger partial charge < -0.3 is 4.74 Å². The molecule has 0 heterocycles. The number of halogens is 1. The molecule has 0 aliphatic carbocycles. The summed E-state index contributed by atoms with van der Waals surface area (Å²) < 4.78 is 53.3. The zero-order valence-corrected chi connectivity index (χ0v) is 13.5. The summed E-state index contributed by atoms with van der Waals surface area (Å²) in [5.41, 5.74) is 0.646. The van der Waals surface area contributed by atoms with E-state index in [0.717, 1.165) is 0 Å². The van der Waals surface area contributed by atoms with Crippen LogP contribution in [0.4, 0.5) is 5.69 Å². The Bertz CT molecular complexity index is 670. The van der Waals surface area contributed by atoms with Crippen molar-refractivity contribution < 1.29 is 21.6 Å². The molecule has 0 spiro atoms. The fourth-order valence-corrected chi connectivity index (χ4v) is 3.65. The molecule has 20 heavy (non-hydrogen) atoms. The maximum atomic E-state index is 11.7. The summed E-state index contributed by atoms with van der Waals surface area (Å²) in [7, 11) is -2.12. The molecule has 1 rings (SSSR count). The Morgan fingerprint density at radius 3 is 2.40 bits per heavy atom. The number of anilines is 1. The molecule has 0 radical (unpaired) electrons. The van der Waals surface area contributed by atoms with E-state index >= 15 is 0 Å². The summed E-state index contributed by atoms with van der Waals surface area (Å²) in [5.74, 6) is -0.171. The van der Waals surface area contributed by atoms with E-state index in [0.29, 0.717) is 12.2 Å².